The van der Waals surface area contributed by atoms with Crippen LogP contribution in [0.25, 0.3) is 11.1 Å². The summed E-state index contributed by atoms with van der Waals surface area (Å²) in [5.41, 5.74) is 1.42. The Morgan fingerprint density at radius 3 is 3.00 bits per heavy atom. The molecule has 1 heterocycles. The molecule has 4 heteroatoms. The van der Waals surface area contributed by atoms with Crippen molar-refractivity contribution >= 4 is 33.7 Å². The lowest BCUT2D eigenvalue weighted by molar-refractivity contribution is 0.582. The number of oxazole rings is 1. The zero-order valence-corrected chi connectivity index (χ0v) is 8.07. The number of halogens is 1. The second-order valence-electron chi connectivity index (χ2n) is 2.22. The average molecular weight is 270 g/mol. The Morgan fingerprint density at radius 2 is 2.33 bits per heavy atom. The lowest BCUT2D eigenvalue weighted by Gasteiger charge is -1.87. The molecule has 1 aromatic heterocycles. The van der Waals surface area contributed by atoms with Gasteiger partial charge in [0.2, 0.25) is 0 Å². The highest BCUT2D eigenvalue weighted by Gasteiger charge is 2.06. The van der Waals surface area contributed by atoms with E-state index in [0.29, 0.717) is 5.58 Å². The van der Waals surface area contributed by atoms with Crippen LogP contribution in [0, 0.1) is 14.9 Å². The number of benzene rings is 1. The highest BCUT2D eigenvalue weighted by molar-refractivity contribution is 14.1. The molecule has 1 aromatic carbocycles. The maximum atomic E-state index is 8.52. The van der Waals surface area contributed by atoms with Crippen LogP contribution in [-0.2, 0) is 0 Å². The Labute approximate surface area is 82.1 Å². The second kappa shape index (κ2) is 2.75. The third kappa shape index (κ3) is 1.06. The first kappa shape index (κ1) is 7.55. The quantitative estimate of drug-likeness (QED) is 0.690. The molecule has 58 valence electrons. The third-order valence-electron chi connectivity index (χ3n) is 1.46. The maximum absolute atomic E-state index is 8.52. The molecule has 0 N–H and O–H groups in total. The van der Waals surface area contributed by atoms with Crippen molar-refractivity contribution in [3.8, 4) is 6.07 Å². The topological polar surface area (TPSA) is 49.8 Å². The zero-order chi connectivity index (χ0) is 8.55. The van der Waals surface area contributed by atoms with Gasteiger partial charge in [-0.25, -0.2) is 0 Å². The van der Waals surface area contributed by atoms with Gasteiger partial charge in [0.1, 0.15) is 5.52 Å². The molecule has 0 bridgehead atoms. The van der Waals surface area contributed by atoms with E-state index in [0.717, 1.165) is 9.09 Å². The molecule has 0 aliphatic heterocycles. The zero-order valence-electron chi connectivity index (χ0n) is 5.91. The van der Waals surface area contributed by atoms with Crippen LogP contribution in [0.3, 0.4) is 0 Å². The molecule has 3 nitrogen and oxygen atoms in total. The molecule has 0 saturated heterocycles. The van der Waals surface area contributed by atoms with Gasteiger partial charge >= 0.3 is 5.89 Å². The van der Waals surface area contributed by atoms with E-state index in [-0.39, 0.29) is 5.89 Å². The van der Waals surface area contributed by atoms with Gasteiger partial charge in [0.25, 0.3) is 0 Å². The van der Waals surface area contributed by atoms with E-state index < -0.39 is 0 Å². The molecule has 0 unspecified atom stereocenters. The average Bonchev–Trinajstić information content (AvgIpc) is 2.49. The van der Waals surface area contributed by atoms with Crippen molar-refractivity contribution in [2.45, 2.75) is 0 Å². The van der Waals surface area contributed by atoms with Crippen molar-refractivity contribution in [1.82, 2.24) is 4.98 Å². The summed E-state index contributed by atoms with van der Waals surface area (Å²) >= 11 is 2.14. The fourth-order valence-electron chi connectivity index (χ4n) is 0.963. The summed E-state index contributed by atoms with van der Waals surface area (Å²) in [7, 11) is 0. The monoisotopic (exact) mass is 270 g/mol. The first-order valence-corrected chi connectivity index (χ1v) is 4.34. The molecule has 0 aliphatic carbocycles. The smallest absolute Gasteiger partial charge is 0.301 e. The highest BCUT2D eigenvalue weighted by atomic mass is 127. The predicted octanol–water partition coefficient (Wildman–Crippen LogP) is 2.30. The Kier molecular flexibility index (Phi) is 1.73. The molecule has 0 atom stereocenters. The van der Waals surface area contributed by atoms with Gasteiger partial charge in [0.05, 0.1) is 3.57 Å². The van der Waals surface area contributed by atoms with Crippen molar-refractivity contribution < 1.29 is 4.42 Å². The van der Waals surface area contributed by atoms with Gasteiger partial charge in [-0.1, -0.05) is 6.07 Å². The van der Waals surface area contributed by atoms with Crippen LogP contribution < -0.4 is 0 Å². The van der Waals surface area contributed by atoms with E-state index in [1.54, 1.807) is 0 Å². The molecular formula is C8H3IN2O. The van der Waals surface area contributed by atoms with Crippen LogP contribution in [0.2, 0.25) is 0 Å². The van der Waals surface area contributed by atoms with Crippen LogP contribution in [0.15, 0.2) is 22.6 Å². The fraction of sp³-hybridized carbons (Fsp3) is 0. The Bertz CT molecular complexity index is 469. The minimum absolute atomic E-state index is 0.120. The van der Waals surface area contributed by atoms with Gasteiger partial charge in [-0.3, -0.25) is 0 Å². The Balaban J connectivity index is 2.85. The number of hydrogen-bond donors (Lipinski definition) is 0. The minimum atomic E-state index is 0.120. The van der Waals surface area contributed by atoms with Crippen molar-refractivity contribution in [3.05, 3.63) is 27.7 Å². The van der Waals surface area contributed by atoms with Gasteiger partial charge in [0.15, 0.2) is 11.7 Å². The summed E-state index contributed by atoms with van der Waals surface area (Å²) in [6.07, 6.45) is 0. The minimum Gasteiger partial charge on any atom is -0.427 e. The summed E-state index contributed by atoms with van der Waals surface area (Å²) in [5.74, 6) is 0.120. The molecule has 0 aliphatic rings. The van der Waals surface area contributed by atoms with E-state index >= 15 is 0 Å². The number of aromatic nitrogens is 1. The lowest BCUT2D eigenvalue weighted by atomic mass is 10.3. The molecule has 2 rings (SSSR count). The number of nitriles is 1. The van der Waals surface area contributed by atoms with Gasteiger partial charge in [0, 0.05) is 0 Å². The first-order chi connectivity index (χ1) is 5.81. The third-order valence-corrected chi connectivity index (χ3v) is 2.31. The van der Waals surface area contributed by atoms with Crippen molar-refractivity contribution in [2.24, 2.45) is 0 Å². The Morgan fingerprint density at radius 1 is 1.50 bits per heavy atom. The van der Waals surface area contributed by atoms with Gasteiger partial charge in [-0.2, -0.15) is 10.2 Å². The van der Waals surface area contributed by atoms with Crippen LogP contribution in [0.5, 0.6) is 0 Å². The summed E-state index contributed by atoms with van der Waals surface area (Å²) in [4.78, 5) is 3.96. The van der Waals surface area contributed by atoms with Crippen LogP contribution in [-0.4, -0.2) is 4.98 Å². The van der Waals surface area contributed by atoms with Gasteiger partial charge < -0.3 is 4.42 Å². The van der Waals surface area contributed by atoms with Gasteiger partial charge in [-0.05, 0) is 34.7 Å². The van der Waals surface area contributed by atoms with Crippen molar-refractivity contribution in [1.29, 1.82) is 5.26 Å². The number of hydrogen-bond acceptors (Lipinski definition) is 3. The largest absolute Gasteiger partial charge is 0.427 e. The van der Waals surface area contributed by atoms with Crippen molar-refractivity contribution in [2.75, 3.05) is 0 Å². The summed E-state index contributed by atoms with van der Waals surface area (Å²) in [6, 6.07) is 7.48. The molecular weight excluding hydrogens is 267 g/mol. The summed E-state index contributed by atoms with van der Waals surface area (Å²) in [6.45, 7) is 0. The summed E-state index contributed by atoms with van der Waals surface area (Å²) in [5, 5.41) is 8.52. The first-order valence-electron chi connectivity index (χ1n) is 3.26. The van der Waals surface area contributed by atoms with Crippen LogP contribution in [0.1, 0.15) is 5.89 Å². The second-order valence-corrected chi connectivity index (χ2v) is 3.38. The molecule has 0 saturated carbocycles. The van der Waals surface area contributed by atoms with E-state index in [1.165, 1.54) is 0 Å². The molecule has 0 amide bonds. The fourth-order valence-corrected chi connectivity index (χ4v) is 1.56. The molecule has 2 aromatic rings. The SMILES string of the molecule is N#Cc1nc2cccc(I)c2o1. The molecule has 0 radical (unpaired) electrons. The predicted molar refractivity (Wildman–Crippen MR) is 51.4 cm³/mol. The molecule has 0 fully saturated rings. The number of fused-ring (bicyclic) bond motifs is 1. The molecule has 12 heavy (non-hydrogen) atoms. The molecule has 0 spiro atoms. The van der Waals surface area contributed by atoms with E-state index in [1.807, 2.05) is 24.3 Å². The maximum Gasteiger partial charge on any atom is 0.301 e. The normalized spacial score (nSPS) is 10.0. The number of para-hydroxylation sites is 1. The summed E-state index contributed by atoms with van der Waals surface area (Å²) < 4.78 is 6.14. The van der Waals surface area contributed by atoms with Gasteiger partial charge in [-0.15, -0.1) is 0 Å². The number of nitrogens with zero attached hydrogens (tertiary/aromatic N) is 2. The Hall–Kier alpha value is -1.09. The number of rotatable bonds is 0. The van der Waals surface area contributed by atoms with Crippen LogP contribution in [0.4, 0.5) is 0 Å². The standard InChI is InChI=1S/C8H3IN2O/c9-5-2-1-3-6-8(5)12-7(4-10)11-6/h1-3H. The lowest BCUT2D eigenvalue weighted by Crippen LogP contribution is -1.71. The van der Waals surface area contributed by atoms with E-state index in [4.69, 9.17) is 9.68 Å². The van der Waals surface area contributed by atoms with Crippen LogP contribution >= 0.6 is 22.6 Å². The van der Waals surface area contributed by atoms with Crippen molar-refractivity contribution in [3.63, 3.8) is 0 Å². The highest BCUT2D eigenvalue weighted by Crippen LogP contribution is 2.20. The van der Waals surface area contributed by atoms with E-state index in [2.05, 4.69) is 27.6 Å². The van der Waals surface area contributed by atoms with E-state index in [9.17, 15) is 0 Å².